The first-order valence-electron chi connectivity index (χ1n) is 7.17. The summed E-state index contributed by atoms with van der Waals surface area (Å²) in [4.78, 5) is 31.7. The van der Waals surface area contributed by atoms with E-state index in [0.29, 0.717) is 12.0 Å². The second-order valence-corrected chi connectivity index (χ2v) is 5.22. The highest BCUT2D eigenvalue weighted by Gasteiger charge is 2.12. The van der Waals surface area contributed by atoms with E-state index in [9.17, 15) is 9.59 Å². The summed E-state index contributed by atoms with van der Waals surface area (Å²) in [5.74, 6) is -1.60. The first-order valence-corrected chi connectivity index (χ1v) is 7.17. The Balaban J connectivity index is 2.02. The zero-order chi connectivity index (χ0) is 16.7. The molecule has 23 heavy (non-hydrogen) atoms. The van der Waals surface area contributed by atoms with E-state index in [2.05, 4.69) is 15.6 Å². The van der Waals surface area contributed by atoms with Gasteiger partial charge in [0.15, 0.2) is 0 Å². The van der Waals surface area contributed by atoms with Gasteiger partial charge in [0, 0.05) is 6.20 Å². The number of aromatic nitrogens is 2. The summed E-state index contributed by atoms with van der Waals surface area (Å²) in [6.45, 7) is 4.18. The van der Waals surface area contributed by atoms with Crippen LogP contribution < -0.4 is 10.8 Å². The van der Waals surface area contributed by atoms with Crippen molar-refractivity contribution in [3.63, 3.8) is 0 Å². The van der Waals surface area contributed by atoms with Crippen molar-refractivity contribution in [3.8, 4) is 5.69 Å². The molecule has 7 nitrogen and oxygen atoms in total. The van der Waals surface area contributed by atoms with Gasteiger partial charge in [-0.15, -0.1) is 0 Å². The fraction of sp³-hybridized carbons (Fsp3) is 0.250. The highest BCUT2D eigenvalue weighted by Crippen LogP contribution is 2.02. The minimum absolute atomic E-state index is 0.245. The number of nitrogens with zero attached hydrogens (tertiary/aromatic N) is 3. The Morgan fingerprint density at radius 1 is 1.26 bits per heavy atom. The second-order valence-electron chi connectivity index (χ2n) is 5.22. The average Bonchev–Trinajstić information content (AvgIpc) is 2.56. The van der Waals surface area contributed by atoms with E-state index in [1.165, 1.54) is 6.20 Å². The third kappa shape index (κ3) is 5.15. The van der Waals surface area contributed by atoms with E-state index in [1.54, 1.807) is 16.9 Å². The van der Waals surface area contributed by atoms with Crippen molar-refractivity contribution < 1.29 is 14.4 Å². The lowest BCUT2D eigenvalue weighted by molar-refractivity contribution is -0.146. The van der Waals surface area contributed by atoms with Gasteiger partial charge in [-0.25, -0.2) is 15.2 Å². The molecular formula is C16H18N4O3. The number of carbonyl (C=O) groups excluding carboxylic acids is 2. The molecule has 1 aromatic carbocycles. The molecule has 0 fully saturated rings. The average molecular weight is 314 g/mol. The maximum atomic E-state index is 11.6. The lowest BCUT2D eigenvalue weighted by atomic mass is 10.2. The predicted molar refractivity (Wildman–Crippen MR) is 83.1 cm³/mol. The molecule has 2 rings (SSSR count). The van der Waals surface area contributed by atoms with Crippen LogP contribution in [0.3, 0.4) is 0 Å². The normalized spacial score (nSPS) is 11.5. The quantitative estimate of drug-likeness (QED) is 0.674. The molecule has 120 valence electrons. The van der Waals surface area contributed by atoms with E-state index < -0.39 is 11.8 Å². The van der Waals surface area contributed by atoms with Gasteiger partial charge in [0.2, 0.25) is 0 Å². The fourth-order valence-corrected chi connectivity index (χ4v) is 1.64. The Hall–Kier alpha value is -2.80. The number of nitrogens with one attached hydrogen (secondary N) is 1. The SMILES string of the molecule is CC(C)CONC(=O)C(=O)N=c1ccn(-c2ccccc2)nc1. The molecular weight excluding hydrogens is 296 g/mol. The molecule has 0 atom stereocenters. The van der Waals surface area contributed by atoms with E-state index >= 15 is 0 Å². The third-order valence-corrected chi connectivity index (χ3v) is 2.73. The smallest absolute Gasteiger partial charge is 0.273 e. The highest BCUT2D eigenvalue weighted by molar-refractivity contribution is 6.35. The van der Waals surface area contributed by atoms with Gasteiger partial charge in [-0.2, -0.15) is 5.10 Å². The number of hydrogen-bond donors (Lipinski definition) is 1. The number of amides is 2. The predicted octanol–water partition coefficient (Wildman–Crippen LogP) is 1.00. The topological polar surface area (TPSA) is 85.6 Å². The van der Waals surface area contributed by atoms with E-state index in [1.807, 2.05) is 44.2 Å². The molecule has 0 bridgehead atoms. The van der Waals surface area contributed by atoms with Gasteiger partial charge in [-0.3, -0.25) is 14.4 Å². The largest absolute Gasteiger partial charge is 0.337 e. The van der Waals surface area contributed by atoms with Crippen molar-refractivity contribution in [2.24, 2.45) is 10.9 Å². The molecule has 0 aliphatic heterocycles. The molecule has 0 spiro atoms. The molecule has 1 aromatic heterocycles. The molecule has 0 radical (unpaired) electrons. The van der Waals surface area contributed by atoms with Crippen molar-refractivity contribution in [2.75, 3.05) is 6.61 Å². The molecule has 0 unspecified atom stereocenters. The molecule has 1 N–H and O–H groups in total. The molecule has 0 aliphatic carbocycles. The number of hydrogen-bond acceptors (Lipinski definition) is 4. The Labute approximate surface area is 133 Å². The van der Waals surface area contributed by atoms with Crippen LogP contribution in [0.1, 0.15) is 13.8 Å². The van der Waals surface area contributed by atoms with Crippen LogP contribution in [0.25, 0.3) is 5.69 Å². The monoisotopic (exact) mass is 314 g/mol. The molecule has 0 saturated carbocycles. The Morgan fingerprint density at radius 2 is 2.00 bits per heavy atom. The standard InChI is InChI=1S/C16H18N4O3/c1-12(2)11-23-19-16(22)15(21)18-13-8-9-20(17-10-13)14-6-4-3-5-7-14/h3-10,12H,11H2,1-2H3,(H,19,22). The zero-order valence-corrected chi connectivity index (χ0v) is 13.0. The van der Waals surface area contributed by atoms with Crippen LogP contribution in [0.4, 0.5) is 0 Å². The van der Waals surface area contributed by atoms with Gasteiger partial charge in [0.1, 0.15) is 0 Å². The highest BCUT2D eigenvalue weighted by atomic mass is 16.7. The second kappa shape index (κ2) is 8.00. The summed E-state index contributed by atoms with van der Waals surface area (Å²) in [6, 6.07) is 11.1. The van der Waals surface area contributed by atoms with Crippen molar-refractivity contribution in [1.82, 2.24) is 15.3 Å². The maximum Gasteiger partial charge on any atom is 0.337 e. The summed E-state index contributed by atoms with van der Waals surface area (Å²) in [7, 11) is 0. The van der Waals surface area contributed by atoms with Crippen LogP contribution in [-0.4, -0.2) is 28.2 Å². The maximum absolute atomic E-state index is 11.6. The van der Waals surface area contributed by atoms with Gasteiger partial charge >= 0.3 is 11.8 Å². The number of rotatable bonds is 4. The zero-order valence-electron chi connectivity index (χ0n) is 13.0. The summed E-state index contributed by atoms with van der Waals surface area (Å²) >= 11 is 0. The third-order valence-electron chi connectivity index (χ3n) is 2.73. The molecule has 2 aromatic rings. The Kier molecular flexibility index (Phi) is 5.76. The lowest BCUT2D eigenvalue weighted by Gasteiger charge is -2.05. The van der Waals surface area contributed by atoms with Crippen molar-refractivity contribution >= 4 is 11.8 Å². The van der Waals surface area contributed by atoms with Crippen LogP contribution in [0.2, 0.25) is 0 Å². The van der Waals surface area contributed by atoms with Gasteiger partial charge in [0.05, 0.1) is 23.8 Å². The van der Waals surface area contributed by atoms with Crippen LogP contribution >= 0.6 is 0 Å². The van der Waals surface area contributed by atoms with Crippen LogP contribution in [-0.2, 0) is 14.4 Å². The number of carbonyl (C=O) groups is 2. The van der Waals surface area contributed by atoms with Gasteiger partial charge in [-0.1, -0.05) is 32.0 Å². The molecule has 0 saturated heterocycles. The van der Waals surface area contributed by atoms with E-state index in [0.717, 1.165) is 5.69 Å². The summed E-state index contributed by atoms with van der Waals surface area (Å²) in [5.41, 5.74) is 2.94. The van der Waals surface area contributed by atoms with Gasteiger partial charge in [-0.05, 0) is 24.1 Å². The summed E-state index contributed by atoms with van der Waals surface area (Å²) < 4.78 is 1.63. The van der Waals surface area contributed by atoms with Crippen molar-refractivity contribution in [2.45, 2.75) is 13.8 Å². The van der Waals surface area contributed by atoms with Crippen LogP contribution in [0, 0.1) is 5.92 Å². The summed E-state index contributed by atoms with van der Waals surface area (Å²) in [6.07, 6.45) is 3.07. The van der Waals surface area contributed by atoms with Crippen LogP contribution in [0.5, 0.6) is 0 Å². The van der Waals surface area contributed by atoms with Crippen molar-refractivity contribution in [1.29, 1.82) is 0 Å². The number of hydroxylamine groups is 1. The minimum Gasteiger partial charge on any atom is -0.273 e. The molecule has 2 amide bonds. The van der Waals surface area contributed by atoms with Gasteiger partial charge < -0.3 is 0 Å². The first kappa shape index (κ1) is 16.6. The number of para-hydroxylation sites is 1. The molecule has 7 heteroatoms. The molecule has 0 aliphatic rings. The lowest BCUT2D eigenvalue weighted by Crippen LogP contribution is -2.32. The van der Waals surface area contributed by atoms with E-state index in [-0.39, 0.29) is 5.92 Å². The summed E-state index contributed by atoms with van der Waals surface area (Å²) in [5, 5.41) is 4.45. The Bertz CT molecular complexity index is 718. The Morgan fingerprint density at radius 3 is 2.61 bits per heavy atom. The van der Waals surface area contributed by atoms with Gasteiger partial charge in [0.25, 0.3) is 0 Å². The fourth-order valence-electron chi connectivity index (χ4n) is 1.64. The van der Waals surface area contributed by atoms with Crippen molar-refractivity contribution in [3.05, 3.63) is 54.1 Å². The minimum atomic E-state index is -0.937. The number of benzene rings is 1. The molecule has 1 heterocycles. The van der Waals surface area contributed by atoms with E-state index in [4.69, 9.17) is 4.84 Å². The van der Waals surface area contributed by atoms with Crippen LogP contribution in [0.15, 0.2) is 53.8 Å². The first-order chi connectivity index (χ1) is 11.1.